The second-order valence-electron chi connectivity index (χ2n) is 6.45. The number of hydrogen-bond acceptors (Lipinski definition) is 1. The van der Waals surface area contributed by atoms with Crippen LogP contribution in [0.15, 0.2) is 12.2 Å². The predicted molar refractivity (Wildman–Crippen MR) is 79.7 cm³/mol. The van der Waals surface area contributed by atoms with Crippen LogP contribution in [0.1, 0.15) is 64.7 Å². The van der Waals surface area contributed by atoms with Crippen molar-refractivity contribution in [2.75, 3.05) is 7.05 Å². The Labute approximate surface area is 113 Å². The molecule has 0 bridgehead atoms. The van der Waals surface area contributed by atoms with Crippen LogP contribution in [0.2, 0.25) is 0 Å². The van der Waals surface area contributed by atoms with Gasteiger partial charge in [-0.05, 0) is 76.7 Å². The third-order valence-electron chi connectivity index (χ3n) is 5.37. The van der Waals surface area contributed by atoms with Gasteiger partial charge < -0.3 is 5.32 Å². The molecule has 104 valence electrons. The lowest BCUT2D eigenvalue weighted by Gasteiger charge is -2.33. The minimum absolute atomic E-state index is 0.808. The lowest BCUT2D eigenvalue weighted by molar-refractivity contribution is 0.203. The molecule has 0 spiro atoms. The third-order valence-corrected chi connectivity index (χ3v) is 5.37. The highest BCUT2D eigenvalue weighted by Crippen LogP contribution is 2.39. The van der Waals surface area contributed by atoms with Crippen molar-refractivity contribution >= 4 is 0 Å². The van der Waals surface area contributed by atoms with Gasteiger partial charge in [0.1, 0.15) is 0 Å². The molecule has 0 aliphatic heterocycles. The predicted octanol–water partition coefficient (Wildman–Crippen LogP) is 4.54. The topological polar surface area (TPSA) is 12.0 Å². The van der Waals surface area contributed by atoms with Gasteiger partial charge in [-0.2, -0.15) is 0 Å². The lowest BCUT2D eigenvalue weighted by Crippen LogP contribution is -2.32. The molecule has 0 aromatic carbocycles. The largest absolute Gasteiger partial charge is 0.317 e. The molecule has 0 heterocycles. The smallest absolute Gasteiger partial charge is 0.00642 e. The van der Waals surface area contributed by atoms with E-state index < -0.39 is 0 Å². The fourth-order valence-electron chi connectivity index (χ4n) is 4.17. The summed E-state index contributed by atoms with van der Waals surface area (Å²) in [4.78, 5) is 0. The normalized spacial score (nSPS) is 38.8. The van der Waals surface area contributed by atoms with E-state index in [1.807, 2.05) is 0 Å². The van der Waals surface area contributed by atoms with E-state index in [9.17, 15) is 0 Å². The lowest BCUT2D eigenvalue weighted by atomic mass is 9.75. The molecular weight excluding hydrogens is 218 g/mol. The second kappa shape index (κ2) is 7.33. The molecule has 0 aromatic rings. The zero-order chi connectivity index (χ0) is 12.8. The molecule has 2 saturated carbocycles. The summed E-state index contributed by atoms with van der Waals surface area (Å²) in [5.41, 5.74) is 0. The quantitative estimate of drug-likeness (QED) is 0.572. The van der Waals surface area contributed by atoms with E-state index in [0.29, 0.717) is 0 Å². The van der Waals surface area contributed by atoms with Crippen LogP contribution in [0, 0.1) is 17.8 Å². The molecule has 18 heavy (non-hydrogen) atoms. The molecule has 2 unspecified atom stereocenters. The van der Waals surface area contributed by atoms with Crippen LogP contribution in [-0.4, -0.2) is 13.1 Å². The molecule has 0 amide bonds. The average Bonchev–Trinajstić information content (AvgIpc) is 2.65. The molecule has 2 aliphatic rings. The number of hydrogen-bond donors (Lipinski definition) is 1. The molecule has 2 atom stereocenters. The van der Waals surface area contributed by atoms with Gasteiger partial charge in [0.05, 0.1) is 0 Å². The van der Waals surface area contributed by atoms with Gasteiger partial charge >= 0.3 is 0 Å². The molecule has 2 rings (SSSR count). The van der Waals surface area contributed by atoms with Crippen molar-refractivity contribution in [3.8, 4) is 0 Å². The minimum Gasteiger partial charge on any atom is -0.317 e. The monoisotopic (exact) mass is 249 g/mol. The highest BCUT2D eigenvalue weighted by Gasteiger charge is 2.28. The summed E-state index contributed by atoms with van der Waals surface area (Å²) in [6.45, 7) is 2.17. The van der Waals surface area contributed by atoms with E-state index >= 15 is 0 Å². The second-order valence-corrected chi connectivity index (χ2v) is 6.45. The van der Waals surface area contributed by atoms with Gasteiger partial charge in [-0.25, -0.2) is 0 Å². The first-order valence-electron chi connectivity index (χ1n) is 8.13. The molecule has 2 aliphatic carbocycles. The van der Waals surface area contributed by atoms with Crippen molar-refractivity contribution in [2.24, 2.45) is 17.8 Å². The van der Waals surface area contributed by atoms with E-state index in [-0.39, 0.29) is 0 Å². The molecule has 1 heteroatoms. The van der Waals surface area contributed by atoms with E-state index in [0.717, 1.165) is 23.8 Å². The highest BCUT2D eigenvalue weighted by molar-refractivity contribution is 4.89. The molecule has 0 radical (unpaired) electrons. The Morgan fingerprint density at radius 2 is 1.50 bits per heavy atom. The Bertz CT molecular complexity index is 250. The first-order valence-corrected chi connectivity index (χ1v) is 8.13. The van der Waals surface area contributed by atoms with Gasteiger partial charge in [0.2, 0.25) is 0 Å². The van der Waals surface area contributed by atoms with Crippen molar-refractivity contribution in [1.82, 2.24) is 5.32 Å². The molecular formula is C17H31N. The van der Waals surface area contributed by atoms with Crippen LogP contribution >= 0.6 is 0 Å². The van der Waals surface area contributed by atoms with Crippen LogP contribution in [0.5, 0.6) is 0 Å². The Morgan fingerprint density at radius 1 is 0.833 bits per heavy atom. The summed E-state index contributed by atoms with van der Waals surface area (Å²) in [7, 11) is 2.12. The van der Waals surface area contributed by atoms with Crippen LogP contribution in [0.3, 0.4) is 0 Å². The summed E-state index contributed by atoms with van der Waals surface area (Å²) in [6, 6.07) is 0.808. The fraction of sp³-hybridized carbons (Fsp3) is 0.882. The van der Waals surface area contributed by atoms with Crippen molar-refractivity contribution in [1.29, 1.82) is 0 Å². The van der Waals surface area contributed by atoms with E-state index in [1.165, 1.54) is 57.8 Å². The Kier molecular flexibility index (Phi) is 5.75. The standard InChI is InChI=1S/C17H31N/c1-3-5-14-6-4-7-15(9-8-14)16-10-12-17(18-2)13-11-16/h3,5,14-18H,4,6-13H2,1-2H3/b5-3+. The van der Waals surface area contributed by atoms with Crippen molar-refractivity contribution < 1.29 is 0 Å². The van der Waals surface area contributed by atoms with Gasteiger partial charge in [0, 0.05) is 6.04 Å². The molecule has 1 N–H and O–H groups in total. The van der Waals surface area contributed by atoms with Gasteiger partial charge in [0.15, 0.2) is 0 Å². The van der Waals surface area contributed by atoms with Crippen molar-refractivity contribution in [2.45, 2.75) is 70.8 Å². The average molecular weight is 249 g/mol. The van der Waals surface area contributed by atoms with E-state index in [2.05, 4.69) is 31.4 Å². The number of rotatable bonds is 3. The highest BCUT2D eigenvalue weighted by atomic mass is 14.9. The maximum Gasteiger partial charge on any atom is 0.00642 e. The Hall–Kier alpha value is -0.300. The van der Waals surface area contributed by atoms with Gasteiger partial charge in [-0.3, -0.25) is 0 Å². The van der Waals surface area contributed by atoms with Crippen LogP contribution in [0.25, 0.3) is 0 Å². The molecule has 1 nitrogen and oxygen atoms in total. The number of nitrogens with one attached hydrogen (secondary N) is 1. The van der Waals surface area contributed by atoms with Gasteiger partial charge in [-0.1, -0.05) is 25.0 Å². The number of allylic oxidation sites excluding steroid dienone is 2. The molecule has 0 aromatic heterocycles. The summed E-state index contributed by atoms with van der Waals surface area (Å²) in [5, 5.41) is 3.45. The van der Waals surface area contributed by atoms with Crippen LogP contribution < -0.4 is 5.32 Å². The van der Waals surface area contributed by atoms with E-state index in [4.69, 9.17) is 0 Å². The zero-order valence-electron chi connectivity index (χ0n) is 12.3. The Morgan fingerprint density at radius 3 is 2.17 bits per heavy atom. The molecule has 2 fully saturated rings. The summed E-state index contributed by atoms with van der Waals surface area (Å²) in [6.07, 6.45) is 17.8. The molecule has 0 saturated heterocycles. The van der Waals surface area contributed by atoms with Crippen LogP contribution in [-0.2, 0) is 0 Å². The minimum atomic E-state index is 0.808. The summed E-state index contributed by atoms with van der Waals surface area (Å²) >= 11 is 0. The SMILES string of the molecule is C/C=C/C1CCCC(C2CCC(NC)CC2)CC1. The summed E-state index contributed by atoms with van der Waals surface area (Å²) < 4.78 is 0. The van der Waals surface area contributed by atoms with E-state index in [1.54, 1.807) is 0 Å². The van der Waals surface area contributed by atoms with Crippen molar-refractivity contribution in [3.05, 3.63) is 12.2 Å². The van der Waals surface area contributed by atoms with Crippen molar-refractivity contribution in [3.63, 3.8) is 0 Å². The van der Waals surface area contributed by atoms with Gasteiger partial charge in [0.25, 0.3) is 0 Å². The zero-order valence-corrected chi connectivity index (χ0v) is 12.3. The fourth-order valence-corrected chi connectivity index (χ4v) is 4.17. The van der Waals surface area contributed by atoms with Crippen LogP contribution in [0.4, 0.5) is 0 Å². The first-order chi connectivity index (χ1) is 8.83. The first kappa shape index (κ1) is 14.1. The third kappa shape index (κ3) is 3.85. The maximum atomic E-state index is 3.45. The Balaban J connectivity index is 1.79. The summed E-state index contributed by atoms with van der Waals surface area (Å²) in [5.74, 6) is 2.96. The maximum absolute atomic E-state index is 3.45. The van der Waals surface area contributed by atoms with Gasteiger partial charge in [-0.15, -0.1) is 0 Å².